The first kappa shape index (κ1) is 12.4. The second kappa shape index (κ2) is 5.43. The second-order valence-electron chi connectivity index (χ2n) is 3.06. The molecule has 6 nitrogen and oxygen atoms in total. The number of rotatable bonds is 4. The number of nitrogens with zero attached hydrogens (tertiary/aromatic N) is 1. The Kier molecular flexibility index (Phi) is 4.49. The monoisotopic (exact) mass is 281 g/mol. The summed E-state index contributed by atoms with van der Waals surface area (Å²) in [5.41, 5.74) is -1.26. The lowest BCUT2D eigenvalue weighted by Gasteiger charge is -2.32. The Hall–Kier alpha value is -0.660. The molecule has 1 fully saturated rings. The highest BCUT2D eigenvalue weighted by Crippen LogP contribution is 2.27. The van der Waals surface area contributed by atoms with Gasteiger partial charge in [0.05, 0.1) is 6.61 Å². The summed E-state index contributed by atoms with van der Waals surface area (Å²) in [6, 6.07) is 0. The van der Waals surface area contributed by atoms with Crippen LogP contribution in [0.4, 0.5) is 0 Å². The van der Waals surface area contributed by atoms with Crippen LogP contribution in [0.3, 0.4) is 0 Å². The number of carbonyl (C=O) groups is 1. The molecule has 7 heteroatoms. The third-order valence-electron chi connectivity index (χ3n) is 2.06. The Bertz CT molecular complexity index is 262. The molecule has 0 spiro atoms. The van der Waals surface area contributed by atoms with Gasteiger partial charge in [-0.15, -0.1) is 0 Å². The second-order valence-corrected chi connectivity index (χ2v) is 3.63. The van der Waals surface area contributed by atoms with Crippen molar-refractivity contribution in [2.75, 3.05) is 19.0 Å². The molecule has 86 valence electrons. The van der Waals surface area contributed by atoms with E-state index in [9.17, 15) is 4.79 Å². The molecule has 0 bridgehead atoms. The molecule has 1 unspecified atom stereocenters. The van der Waals surface area contributed by atoms with Crippen LogP contribution in [0.1, 0.15) is 12.8 Å². The Balaban J connectivity index is 2.95. The highest BCUT2D eigenvalue weighted by atomic mass is 79.9. The van der Waals surface area contributed by atoms with Gasteiger partial charge in [-0.1, -0.05) is 21.1 Å². The van der Waals surface area contributed by atoms with Gasteiger partial charge in [0.25, 0.3) is 0 Å². The van der Waals surface area contributed by atoms with E-state index in [1.807, 2.05) is 0 Å². The minimum atomic E-state index is -1.18. The molecule has 1 atom stereocenters. The molecule has 0 aromatic heterocycles. The maximum Gasteiger partial charge on any atom is 0.356 e. The van der Waals surface area contributed by atoms with Gasteiger partial charge >= 0.3 is 5.97 Å². The molecule has 1 N–H and O–H groups in total. The minimum absolute atomic E-state index is 0.193. The Labute approximate surface area is 95.2 Å². The van der Waals surface area contributed by atoms with Crippen LogP contribution < -0.4 is 0 Å². The predicted octanol–water partition coefficient (Wildman–Crippen LogP) is 0.949. The molecule has 1 rings (SSSR count). The molecular formula is C8H12BrNO5. The molecular weight excluding hydrogens is 270 g/mol. The molecule has 0 aromatic carbocycles. The lowest BCUT2D eigenvalue weighted by molar-refractivity contribution is -0.358. The van der Waals surface area contributed by atoms with Crippen LogP contribution in [0, 0.1) is 0 Å². The summed E-state index contributed by atoms with van der Waals surface area (Å²) < 4.78 is 0. The Morgan fingerprint density at radius 1 is 1.73 bits per heavy atom. The maximum atomic E-state index is 11.0. The van der Waals surface area contributed by atoms with Crippen LogP contribution in [-0.2, 0) is 19.4 Å². The van der Waals surface area contributed by atoms with E-state index in [0.717, 1.165) is 0 Å². The van der Waals surface area contributed by atoms with E-state index in [1.54, 1.807) is 0 Å². The van der Waals surface area contributed by atoms with Crippen molar-refractivity contribution in [1.82, 2.24) is 0 Å². The molecule has 1 aliphatic rings. The van der Waals surface area contributed by atoms with Gasteiger partial charge in [-0.3, -0.25) is 0 Å². The van der Waals surface area contributed by atoms with Crippen LogP contribution in [0.2, 0.25) is 0 Å². The normalized spacial score (nSPS) is 27.5. The highest BCUT2D eigenvalue weighted by molar-refractivity contribution is 9.09. The molecule has 1 saturated heterocycles. The third-order valence-corrected chi connectivity index (χ3v) is 2.97. The van der Waals surface area contributed by atoms with Crippen molar-refractivity contribution < 1.29 is 24.5 Å². The molecule has 1 aliphatic heterocycles. The zero-order valence-corrected chi connectivity index (χ0v) is 9.82. The summed E-state index contributed by atoms with van der Waals surface area (Å²) in [5, 5.41) is 12.7. The lowest BCUT2D eigenvalue weighted by Crippen LogP contribution is -2.49. The fourth-order valence-corrected chi connectivity index (χ4v) is 1.97. The SMILES string of the molecule is CO/N=C(\C(=O)O)C1(CBr)CCCOO1. The summed E-state index contributed by atoms with van der Waals surface area (Å²) in [5.74, 6) is -1.18. The van der Waals surface area contributed by atoms with Crippen molar-refractivity contribution in [3.63, 3.8) is 0 Å². The molecule has 0 aliphatic carbocycles. The summed E-state index contributed by atoms with van der Waals surface area (Å²) in [4.78, 5) is 25.4. The molecule has 0 radical (unpaired) electrons. The van der Waals surface area contributed by atoms with Crippen LogP contribution in [0.15, 0.2) is 5.16 Å². The maximum absolute atomic E-state index is 11.0. The Morgan fingerprint density at radius 2 is 2.47 bits per heavy atom. The quantitative estimate of drug-likeness (QED) is 0.359. The van der Waals surface area contributed by atoms with Crippen LogP contribution in [0.5, 0.6) is 0 Å². The van der Waals surface area contributed by atoms with Gasteiger partial charge in [0.2, 0.25) is 5.71 Å². The van der Waals surface area contributed by atoms with Crippen molar-refractivity contribution in [3.8, 4) is 0 Å². The van der Waals surface area contributed by atoms with E-state index in [4.69, 9.17) is 14.9 Å². The fraction of sp³-hybridized carbons (Fsp3) is 0.750. The van der Waals surface area contributed by atoms with E-state index >= 15 is 0 Å². The zero-order valence-electron chi connectivity index (χ0n) is 8.23. The first-order chi connectivity index (χ1) is 7.16. The van der Waals surface area contributed by atoms with Crippen molar-refractivity contribution >= 4 is 27.6 Å². The number of oxime groups is 1. The summed E-state index contributed by atoms with van der Waals surface area (Å²) >= 11 is 3.20. The number of alkyl halides is 1. The number of carboxylic acid groups (broad SMARTS) is 1. The van der Waals surface area contributed by atoms with E-state index < -0.39 is 11.6 Å². The topological polar surface area (TPSA) is 77.4 Å². The average Bonchev–Trinajstić information content (AvgIpc) is 2.26. The predicted molar refractivity (Wildman–Crippen MR) is 54.9 cm³/mol. The van der Waals surface area contributed by atoms with Gasteiger partial charge < -0.3 is 9.94 Å². The third kappa shape index (κ3) is 2.67. The molecule has 15 heavy (non-hydrogen) atoms. The van der Waals surface area contributed by atoms with E-state index in [1.165, 1.54) is 7.11 Å². The molecule has 0 saturated carbocycles. The number of hydrogen-bond donors (Lipinski definition) is 1. The summed E-state index contributed by atoms with van der Waals surface area (Å²) in [6.45, 7) is 0.453. The number of aliphatic carboxylic acids is 1. The van der Waals surface area contributed by atoms with Gasteiger partial charge in [0, 0.05) is 5.33 Å². The smallest absolute Gasteiger partial charge is 0.356 e. The van der Waals surface area contributed by atoms with Gasteiger partial charge in [-0.05, 0) is 12.8 Å². The van der Waals surface area contributed by atoms with Crippen LogP contribution in [0.25, 0.3) is 0 Å². The van der Waals surface area contributed by atoms with Crippen LogP contribution >= 0.6 is 15.9 Å². The van der Waals surface area contributed by atoms with E-state index in [2.05, 4.69) is 25.9 Å². The van der Waals surface area contributed by atoms with Crippen LogP contribution in [-0.4, -0.2) is 41.4 Å². The Morgan fingerprint density at radius 3 is 2.87 bits per heavy atom. The summed E-state index contributed by atoms with van der Waals surface area (Å²) in [7, 11) is 1.29. The highest BCUT2D eigenvalue weighted by Gasteiger charge is 2.44. The first-order valence-electron chi connectivity index (χ1n) is 4.38. The number of carboxylic acids is 1. The van der Waals surface area contributed by atoms with Crippen molar-refractivity contribution in [2.24, 2.45) is 5.16 Å². The zero-order chi connectivity index (χ0) is 11.3. The molecule has 0 amide bonds. The number of halogens is 1. The number of hydrogen-bond acceptors (Lipinski definition) is 5. The molecule has 1 heterocycles. The van der Waals surface area contributed by atoms with E-state index in [0.29, 0.717) is 19.4 Å². The van der Waals surface area contributed by atoms with Crippen molar-refractivity contribution in [1.29, 1.82) is 0 Å². The van der Waals surface area contributed by atoms with Gasteiger partial charge in [-0.25, -0.2) is 14.6 Å². The van der Waals surface area contributed by atoms with Gasteiger partial charge in [-0.2, -0.15) is 0 Å². The van der Waals surface area contributed by atoms with Gasteiger partial charge in [0.1, 0.15) is 7.11 Å². The van der Waals surface area contributed by atoms with E-state index in [-0.39, 0.29) is 11.0 Å². The minimum Gasteiger partial charge on any atom is -0.477 e. The molecule has 0 aromatic rings. The average molecular weight is 282 g/mol. The lowest BCUT2D eigenvalue weighted by atomic mass is 9.93. The largest absolute Gasteiger partial charge is 0.477 e. The summed E-state index contributed by atoms with van der Waals surface area (Å²) in [6.07, 6.45) is 1.23. The van der Waals surface area contributed by atoms with Gasteiger partial charge in [0.15, 0.2) is 5.60 Å². The first-order valence-corrected chi connectivity index (χ1v) is 5.50. The van der Waals surface area contributed by atoms with Crippen molar-refractivity contribution in [3.05, 3.63) is 0 Å². The fourth-order valence-electron chi connectivity index (χ4n) is 1.33. The standard InChI is InChI=1S/C8H12BrNO5/c1-13-10-6(7(11)12)8(5-9)3-2-4-14-15-8/h2-5H2,1H3,(H,11,12)/b10-6+. The van der Waals surface area contributed by atoms with Crippen molar-refractivity contribution in [2.45, 2.75) is 18.4 Å².